The van der Waals surface area contributed by atoms with Crippen molar-refractivity contribution in [2.24, 2.45) is 0 Å². The highest BCUT2D eigenvalue weighted by molar-refractivity contribution is 7.12. The van der Waals surface area contributed by atoms with E-state index in [0.29, 0.717) is 31.5 Å². The van der Waals surface area contributed by atoms with Gasteiger partial charge in [0.05, 0.1) is 18.0 Å². The van der Waals surface area contributed by atoms with Gasteiger partial charge in [0.1, 0.15) is 0 Å². The third kappa shape index (κ3) is 2.91. The third-order valence-corrected chi connectivity index (χ3v) is 4.64. The van der Waals surface area contributed by atoms with E-state index in [1.54, 1.807) is 4.90 Å². The molecule has 1 saturated heterocycles. The van der Waals surface area contributed by atoms with Gasteiger partial charge in [0.2, 0.25) is 11.8 Å². The van der Waals surface area contributed by atoms with Gasteiger partial charge in [-0.2, -0.15) is 0 Å². The zero-order valence-electron chi connectivity index (χ0n) is 12.9. The van der Waals surface area contributed by atoms with E-state index in [-0.39, 0.29) is 17.9 Å². The Hall–Kier alpha value is -1.73. The van der Waals surface area contributed by atoms with Gasteiger partial charge in [0, 0.05) is 12.5 Å². The number of amides is 1. The first-order chi connectivity index (χ1) is 10.6. The molecule has 1 atom stereocenters. The minimum absolute atomic E-state index is 0.0457. The van der Waals surface area contributed by atoms with E-state index in [1.807, 2.05) is 32.2 Å². The minimum atomic E-state index is -0.349. The fraction of sp³-hybridized carbons (Fsp3) is 0.533. The molecule has 0 unspecified atom stereocenters. The van der Waals surface area contributed by atoms with Crippen molar-refractivity contribution >= 4 is 17.2 Å². The summed E-state index contributed by atoms with van der Waals surface area (Å²) in [6, 6.07) is 1.96. The molecule has 0 bridgehead atoms. The van der Waals surface area contributed by atoms with Gasteiger partial charge < -0.3 is 14.1 Å². The number of aryl methyl sites for hydroxylation is 1. The number of hydrogen-bond acceptors (Lipinski definition) is 6. The van der Waals surface area contributed by atoms with Crippen LogP contribution in [0.25, 0.3) is 0 Å². The number of morpholine rings is 1. The first-order valence-electron chi connectivity index (χ1n) is 7.34. The third-order valence-electron chi connectivity index (χ3n) is 3.64. The number of aromatic nitrogens is 2. The normalized spacial score (nSPS) is 18.9. The number of carbonyl (C=O) groups excluding carboxylic acids is 1. The Morgan fingerprint density at radius 3 is 2.91 bits per heavy atom. The molecule has 2 aromatic rings. The van der Waals surface area contributed by atoms with Crippen LogP contribution in [0.1, 0.15) is 52.9 Å². The lowest BCUT2D eigenvalue weighted by Crippen LogP contribution is -2.42. The van der Waals surface area contributed by atoms with Crippen LogP contribution in [0.3, 0.4) is 0 Å². The second-order valence-electron chi connectivity index (χ2n) is 5.68. The van der Waals surface area contributed by atoms with Crippen molar-refractivity contribution in [3.8, 4) is 0 Å². The minimum Gasteiger partial charge on any atom is -0.422 e. The van der Waals surface area contributed by atoms with Crippen molar-refractivity contribution in [1.82, 2.24) is 15.1 Å². The first kappa shape index (κ1) is 15.2. The highest BCUT2D eigenvalue weighted by atomic mass is 32.1. The van der Waals surface area contributed by atoms with Gasteiger partial charge in [-0.25, -0.2) is 0 Å². The monoisotopic (exact) mass is 321 g/mol. The van der Waals surface area contributed by atoms with E-state index in [9.17, 15) is 4.79 Å². The number of thiophene rings is 1. The van der Waals surface area contributed by atoms with Gasteiger partial charge in [-0.05, 0) is 23.9 Å². The Kier molecular flexibility index (Phi) is 4.26. The average Bonchev–Trinajstić information content (AvgIpc) is 3.15. The maximum Gasteiger partial charge on any atom is 0.264 e. The van der Waals surface area contributed by atoms with Crippen molar-refractivity contribution in [3.05, 3.63) is 33.7 Å². The molecule has 0 spiro atoms. The molecule has 0 radical (unpaired) electrons. The first-order valence-corrected chi connectivity index (χ1v) is 8.22. The molecule has 1 amide bonds. The van der Waals surface area contributed by atoms with Gasteiger partial charge in [-0.15, -0.1) is 21.5 Å². The van der Waals surface area contributed by atoms with Crippen molar-refractivity contribution in [2.75, 3.05) is 19.7 Å². The second-order valence-corrected chi connectivity index (χ2v) is 6.59. The highest BCUT2D eigenvalue weighted by Crippen LogP contribution is 2.26. The smallest absolute Gasteiger partial charge is 0.264 e. The molecule has 0 aromatic carbocycles. The molecule has 1 fully saturated rings. The fourth-order valence-electron chi connectivity index (χ4n) is 2.33. The highest BCUT2D eigenvalue weighted by Gasteiger charge is 2.30. The second kappa shape index (κ2) is 6.18. The summed E-state index contributed by atoms with van der Waals surface area (Å²) in [6.45, 7) is 7.44. The maximum atomic E-state index is 12.6. The topological polar surface area (TPSA) is 68.5 Å². The molecule has 3 heterocycles. The molecule has 1 aliphatic heterocycles. The summed E-state index contributed by atoms with van der Waals surface area (Å²) in [7, 11) is 0. The van der Waals surface area contributed by atoms with E-state index in [2.05, 4.69) is 10.2 Å². The number of carbonyl (C=O) groups is 1. The van der Waals surface area contributed by atoms with Crippen molar-refractivity contribution in [3.63, 3.8) is 0 Å². The number of hydrogen-bond donors (Lipinski definition) is 0. The van der Waals surface area contributed by atoms with Crippen molar-refractivity contribution in [1.29, 1.82) is 0 Å². The van der Waals surface area contributed by atoms with E-state index in [0.717, 1.165) is 10.4 Å². The van der Waals surface area contributed by atoms with Crippen LogP contribution in [0.4, 0.5) is 0 Å². The summed E-state index contributed by atoms with van der Waals surface area (Å²) >= 11 is 1.47. The van der Waals surface area contributed by atoms with Crippen LogP contribution in [0.15, 0.2) is 15.9 Å². The largest absolute Gasteiger partial charge is 0.422 e. The number of ether oxygens (including phenoxy) is 1. The summed E-state index contributed by atoms with van der Waals surface area (Å²) in [5.74, 6) is 1.26. The Balaban J connectivity index is 1.73. The van der Waals surface area contributed by atoms with Crippen LogP contribution < -0.4 is 0 Å². The van der Waals surface area contributed by atoms with E-state index >= 15 is 0 Å². The van der Waals surface area contributed by atoms with Crippen molar-refractivity contribution in [2.45, 2.75) is 32.8 Å². The van der Waals surface area contributed by atoms with E-state index in [4.69, 9.17) is 9.15 Å². The van der Waals surface area contributed by atoms with Crippen LogP contribution >= 0.6 is 11.3 Å². The molecule has 2 aromatic heterocycles. The lowest BCUT2D eigenvalue weighted by atomic mass is 10.2. The Bertz CT molecular complexity index is 665. The molecular weight excluding hydrogens is 302 g/mol. The molecule has 1 aliphatic rings. The zero-order valence-corrected chi connectivity index (χ0v) is 13.7. The summed E-state index contributed by atoms with van der Waals surface area (Å²) in [5, 5.41) is 10.0. The molecule has 22 heavy (non-hydrogen) atoms. The Labute approximate surface area is 133 Å². The van der Waals surface area contributed by atoms with Crippen LogP contribution in [0.5, 0.6) is 0 Å². The molecular formula is C15H19N3O3S. The van der Waals surface area contributed by atoms with E-state index < -0.39 is 0 Å². The maximum absolute atomic E-state index is 12.6. The lowest BCUT2D eigenvalue weighted by Gasteiger charge is -2.31. The van der Waals surface area contributed by atoms with Gasteiger partial charge in [0.15, 0.2) is 6.10 Å². The molecule has 118 valence electrons. The van der Waals surface area contributed by atoms with Gasteiger partial charge in [-0.3, -0.25) is 4.79 Å². The van der Waals surface area contributed by atoms with Crippen LogP contribution in [0.2, 0.25) is 0 Å². The van der Waals surface area contributed by atoms with Gasteiger partial charge in [-0.1, -0.05) is 13.8 Å². The summed E-state index contributed by atoms with van der Waals surface area (Å²) in [5.41, 5.74) is 1.01. The zero-order chi connectivity index (χ0) is 15.7. The van der Waals surface area contributed by atoms with Crippen LogP contribution in [-0.2, 0) is 4.74 Å². The predicted octanol–water partition coefficient (Wildman–Crippen LogP) is 2.78. The molecule has 3 rings (SSSR count). The van der Waals surface area contributed by atoms with Crippen LogP contribution in [-0.4, -0.2) is 40.7 Å². The van der Waals surface area contributed by atoms with Crippen molar-refractivity contribution < 1.29 is 13.9 Å². The fourth-order valence-corrected chi connectivity index (χ4v) is 3.22. The summed E-state index contributed by atoms with van der Waals surface area (Å²) in [6.07, 6.45) is -0.349. The standard InChI is InChI=1S/C15H19N3O3S/c1-9(2)13-16-17-14(21-13)11-8-18(5-6-20-11)15(19)12-10(3)4-7-22-12/h4,7,9,11H,5-6,8H2,1-3H3/t11-/m0/s1. The quantitative estimate of drug-likeness (QED) is 0.869. The number of nitrogens with zero attached hydrogens (tertiary/aromatic N) is 3. The van der Waals surface area contributed by atoms with Gasteiger partial charge in [0.25, 0.3) is 5.91 Å². The van der Waals surface area contributed by atoms with E-state index in [1.165, 1.54) is 11.3 Å². The molecule has 6 nitrogen and oxygen atoms in total. The number of rotatable bonds is 3. The van der Waals surface area contributed by atoms with Gasteiger partial charge >= 0.3 is 0 Å². The average molecular weight is 321 g/mol. The molecule has 0 saturated carbocycles. The molecule has 0 aliphatic carbocycles. The summed E-state index contributed by atoms with van der Waals surface area (Å²) in [4.78, 5) is 15.2. The molecule has 0 N–H and O–H groups in total. The molecule has 7 heteroatoms. The lowest BCUT2D eigenvalue weighted by molar-refractivity contribution is -0.0349. The Morgan fingerprint density at radius 1 is 1.45 bits per heavy atom. The SMILES string of the molecule is Cc1ccsc1C(=O)N1CCO[C@H](c2nnc(C(C)C)o2)C1. The Morgan fingerprint density at radius 2 is 2.27 bits per heavy atom. The predicted molar refractivity (Wildman–Crippen MR) is 82.0 cm³/mol. The summed E-state index contributed by atoms with van der Waals surface area (Å²) < 4.78 is 11.3. The van der Waals surface area contributed by atoms with Crippen LogP contribution in [0, 0.1) is 6.92 Å².